The van der Waals surface area contributed by atoms with E-state index in [4.69, 9.17) is 19.2 Å². The number of benzene rings is 2. The molecule has 1 atom stereocenters. The van der Waals surface area contributed by atoms with E-state index in [1.165, 1.54) is 6.92 Å². The molecule has 7 nitrogen and oxygen atoms in total. The lowest BCUT2D eigenvalue weighted by Crippen LogP contribution is -2.18. The van der Waals surface area contributed by atoms with E-state index in [1.54, 1.807) is 24.7 Å². The summed E-state index contributed by atoms with van der Waals surface area (Å²) in [7, 11) is 1.66. The van der Waals surface area contributed by atoms with Crippen LogP contribution in [0.15, 0.2) is 81.8 Å². The Morgan fingerprint density at radius 1 is 1.15 bits per heavy atom. The van der Waals surface area contributed by atoms with E-state index < -0.39 is 0 Å². The first kappa shape index (κ1) is 21.9. The fraction of sp³-hybridized carbons (Fsp3) is 0.192. The van der Waals surface area contributed by atoms with Crippen LogP contribution in [0.1, 0.15) is 36.3 Å². The first-order chi connectivity index (χ1) is 16.6. The standard InChI is InChI=1S/C26H24N4O3S/c1-17(31)27-15-18-5-7-20(8-6-18)23-16-34-26(28-23)30-24(25-4-3-13-33-25)14-22(29-30)19-9-11-21(32-2)12-10-19/h3-13,16,24H,14-15H2,1-2H3,(H,27,31)/t24-/m1/s1. The third-order valence-electron chi connectivity index (χ3n) is 5.68. The van der Waals surface area contributed by atoms with Gasteiger partial charge in [-0.2, -0.15) is 5.10 Å². The zero-order valence-corrected chi connectivity index (χ0v) is 19.7. The molecule has 8 heteroatoms. The zero-order valence-electron chi connectivity index (χ0n) is 18.9. The molecule has 0 spiro atoms. The molecule has 1 aliphatic heterocycles. The van der Waals surface area contributed by atoms with Crippen molar-refractivity contribution in [3.63, 3.8) is 0 Å². The lowest BCUT2D eigenvalue weighted by Gasteiger charge is -2.18. The highest BCUT2D eigenvalue weighted by Gasteiger charge is 2.33. The summed E-state index contributed by atoms with van der Waals surface area (Å²) in [6.07, 6.45) is 2.40. The number of hydrogen-bond donors (Lipinski definition) is 1. The van der Waals surface area contributed by atoms with E-state index in [-0.39, 0.29) is 11.9 Å². The number of hydrogen-bond acceptors (Lipinski definition) is 7. The van der Waals surface area contributed by atoms with Gasteiger partial charge in [-0.1, -0.05) is 24.3 Å². The van der Waals surface area contributed by atoms with Crippen molar-refractivity contribution in [1.29, 1.82) is 0 Å². The van der Waals surface area contributed by atoms with Gasteiger partial charge in [-0.15, -0.1) is 11.3 Å². The lowest BCUT2D eigenvalue weighted by atomic mass is 10.0. The summed E-state index contributed by atoms with van der Waals surface area (Å²) in [6, 6.07) is 19.8. The molecule has 34 heavy (non-hydrogen) atoms. The fourth-order valence-electron chi connectivity index (χ4n) is 3.87. The Bertz CT molecular complexity index is 1290. The van der Waals surface area contributed by atoms with Gasteiger partial charge < -0.3 is 14.5 Å². The predicted molar refractivity (Wildman–Crippen MR) is 133 cm³/mol. The van der Waals surface area contributed by atoms with Crippen molar-refractivity contribution < 1.29 is 13.9 Å². The third kappa shape index (κ3) is 4.58. The zero-order chi connectivity index (χ0) is 23.5. The van der Waals surface area contributed by atoms with Crippen molar-refractivity contribution in [1.82, 2.24) is 10.3 Å². The van der Waals surface area contributed by atoms with E-state index >= 15 is 0 Å². The normalized spacial score (nSPS) is 15.3. The summed E-state index contributed by atoms with van der Waals surface area (Å²) in [6.45, 7) is 2.03. The number of anilines is 1. The monoisotopic (exact) mass is 472 g/mol. The Balaban J connectivity index is 1.41. The molecule has 172 valence electrons. The molecule has 0 saturated carbocycles. The Morgan fingerprint density at radius 3 is 2.59 bits per heavy atom. The van der Waals surface area contributed by atoms with Crippen LogP contribution in [0, 0.1) is 0 Å². The van der Waals surface area contributed by atoms with Gasteiger partial charge in [0.05, 0.1) is 24.8 Å². The van der Waals surface area contributed by atoms with Gasteiger partial charge in [0, 0.05) is 30.8 Å². The van der Waals surface area contributed by atoms with Crippen LogP contribution in [0.2, 0.25) is 0 Å². The molecular formula is C26H24N4O3S. The topological polar surface area (TPSA) is 80.0 Å². The fourth-order valence-corrected chi connectivity index (χ4v) is 4.70. The molecule has 1 amide bonds. The summed E-state index contributed by atoms with van der Waals surface area (Å²) < 4.78 is 11.0. The van der Waals surface area contributed by atoms with Crippen molar-refractivity contribution in [2.75, 3.05) is 12.1 Å². The molecule has 0 aliphatic carbocycles. The average molecular weight is 473 g/mol. The Labute approximate surface area is 201 Å². The van der Waals surface area contributed by atoms with Crippen LogP contribution < -0.4 is 15.1 Å². The third-order valence-corrected chi connectivity index (χ3v) is 6.51. The number of nitrogens with one attached hydrogen (secondary N) is 1. The minimum atomic E-state index is -0.0638. The van der Waals surface area contributed by atoms with Crippen LogP contribution in [0.5, 0.6) is 5.75 Å². The number of rotatable bonds is 7. The quantitative estimate of drug-likeness (QED) is 0.389. The van der Waals surface area contributed by atoms with Crippen LogP contribution >= 0.6 is 11.3 Å². The summed E-state index contributed by atoms with van der Waals surface area (Å²) in [5.41, 5.74) is 4.97. The molecule has 5 rings (SSSR count). The Hall–Kier alpha value is -3.91. The molecule has 0 bridgehead atoms. The highest BCUT2D eigenvalue weighted by Crippen LogP contribution is 2.39. The smallest absolute Gasteiger partial charge is 0.217 e. The van der Waals surface area contributed by atoms with Gasteiger partial charge in [0.15, 0.2) is 0 Å². The maximum Gasteiger partial charge on any atom is 0.217 e. The largest absolute Gasteiger partial charge is 0.497 e. The molecular weight excluding hydrogens is 448 g/mol. The van der Waals surface area contributed by atoms with Crippen LogP contribution in [0.3, 0.4) is 0 Å². The number of furan rings is 1. The summed E-state index contributed by atoms with van der Waals surface area (Å²) in [4.78, 5) is 16.0. The molecule has 0 saturated heterocycles. The number of amides is 1. The van der Waals surface area contributed by atoms with E-state index in [1.807, 2.05) is 71.1 Å². The van der Waals surface area contributed by atoms with E-state index in [2.05, 4.69) is 5.32 Å². The molecule has 1 N–H and O–H groups in total. The molecule has 0 unspecified atom stereocenters. The highest BCUT2D eigenvalue weighted by atomic mass is 32.1. The predicted octanol–water partition coefficient (Wildman–Crippen LogP) is 5.40. The van der Waals surface area contributed by atoms with E-state index in [0.717, 1.165) is 44.7 Å². The molecule has 1 aliphatic rings. The molecule has 3 heterocycles. The molecule has 0 fully saturated rings. The Kier molecular flexibility index (Phi) is 6.14. The van der Waals surface area contributed by atoms with E-state index in [9.17, 15) is 4.79 Å². The number of carbonyl (C=O) groups is 1. The molecule has 0 radical (unpaired) electrons. The second kappa shape index (κ2) is 9.52. The summed E-state index contributed by atoms with van der Waals surface area (Å²) in [5.74, 6) is 1.63. The number of methoxy groups -OCH3 is 1. The van der Waals surface area contributed by atoms with Gasteiger partial charge in [-0.3, -0.25) is 4.79 Å². The maximum absolute atomic E-state index is 11.1. The number of aromatic nitrogens is 1. The Morgan fingerprint density at radius 2 is 1.91 bits per heavy atom. The van der Waals surface area contributed by atoms with Crippen molar-refractivity contribution in [2.45, 2.75) is 25.9 Å². The number of ether oxygens (including phenoxy) is 1. The number of hydrazone groups is 1. The SMILES string of the molecule is COc1ccc(C2=NN(c3nc(-c4ccc(CNC(C)=O)cc4)cs3)[C@@H](c3ccco3)C2)cc1. The van der Waals surface area contributed by atoms with Crippen molar-refractivity contribution in [3.8, 4) is 17.0 Å². The van der Waals surface area contributed by atoms with Crippen molar-refractivity contribution >= 4 is 28.1 Å². The number of carbonyl (C=O) groups excluding carboxylic acids is 1. The van der Waals surface area contributed by atoms with Gasteiger partial charge in [0.1, 0.15) is 17.6 Å². The van der Waals surface area contributed by atoms with Crippen LogP contribution in [-0.2, 0) is 11.3 Å². The van der Waals surface area contributed by atoms with Gasteiger partial charge >= 0.3 is 0 Å². The minimum Gasteiger partial charge on any atom is -0.497 e. The first-order valence-corrected chi connectivity index (χ1v) is 11.8. The van der Waals surface area contributed by atoms with Crippen LogP contribution in [0.25, 0.3) is 11.3 Å². The molecule has 2 aromatic heterocycles. The number of nitrogens with zero attached hydrogens (tertiary/aromatic N) is 3. The van der Waals surface area contributed by atoms with Crippen molar-refractivity contribution in [2.24, 2.45) is 5.10 Å². The average Bonchev–Trinajstić information content (AvgIpc) is 3.63. The second-order valence-corrected chi connectivity index (χ2v) is 8.81. The molecule has 2 aromatic carbocycles. The van der Waals surface area contributed by atoms with Gasteiger partial charge in [-0.05, 0) is 47.5 Å². The minimum absolute atomic E-state index is 0.0421. The van der Waals surface area contributed by atoms with Gasteiger partial charge in [0.25, 0.3) is 0 Å². The van der Waals surface area contributed by atoms with Gasteiger partial charge in [0.2, 0.25) is 11.0 Å². The lowest BCUT2D eigenvalue weighted by molar-refractivity contribution is -0.119. The summed E-state index contributed by atoms with van der Waals surface area (Å²) in [5, 5.41) is 12.6. The highest BCUT2D eigenvalue weighted by molar-refractivity contribution is 7.14. The first-order valence-electron chi connectivity index (χ1n) is 10.9. The van der Waals surface area contributed by atoms with Crippen LogP contribution in [0.4, 0.5) is 5.13 Å². The molecule has 4 aromatic rings. The second-order valence-electron chi connectivity index (χ2n) is 7.98. The maximum atomic E-state index is 11.1. The summed E-state index contributed by atoms with van der Waals surface area (Å²) >= 11 is 1.55. The number of thiazole rings is 1. The van der Waals surface area contributed by atoms with Gasteiger partial charge in [-0.25, -0.2) is 9.99 Å². The van der Waals surface area contributed by atoms with Crippen molar-refractivity contribution in [3.05, 3.63) is 89.2 Å². The van der Waals surface area contributed by atoms with Crippen LogP contribution in [-0.4, -0.2) is 23.7 Å². The van der Waals surface area contributed by atoms with E-state index in [0.29, 0.717) is 13.0 Å².